The second kappa shape index (κ2) is 7.85. The lowest BCUT2D eigenvalue weighted by atomic mass is 10.3. The largest absolute Gasteiger partial charge is 0.481 e. The van der Waals surface area contributed by atoms with E-state index in [9.17, 15) is 4.79 Å². The number of benzene rings is 1. The Hall–Kier alpha value is -2.25. The number of carbonyl (C=O) groups is 1. The number of hydrogen-bond donors (Lipinski definition) is 2. The van der Waals surface area contributed by atoms with Crippen molar-refractivity contribution >= 4 is 35.1 Å². The second-order valence-electron chi connectivity index (χ2n) is 4.37. The van der Waals surface area contributed by atoms with Crippen LogP contribution in [0.25, 0.3) is 0 Å². The third-order valence-electron chi connectivity index (χ3n) is 2.71. The Kier molecular flexibility index (Phi) is 5.84. The van der Waals surface area contributed by atoms with Crippen LogP contribution in [-0.4, -0.2) is 29.1 Å². The summed E-state index contributed by atoms with van der Waals surface area (Å²) in [7, 11) is 1.48. The third kappa shape index (κ3) is 4.87. The molecule has 23 heavy (non-hydrogen) atoms. The zero-order chi connectivity index (χ0) is 16.8. The lowest BCUT2D eigenvalue weighted by Crippen LogP contribution is -2.40. The van der Waals surface area contributed by atoms with Gasteiger partial charge >= 0.3 is 0 Å². The van der Waals surface area contributed by atoms with Crippen molar-refractivity contribution in [2.45, 2.75) is 13.0 Å². The Bertz CT molecular complexity index is 699. The van der Waals surface area contributed by atoms with Crippen LogP contribution in [0.3, 0.4) is 0 Å². The van der Waals surface area contributed by atoms with Gasteiger partial charge in [0.05, 0.1) is 17.2 Å². The maximum absolute atomic E-state index is 12.0. The average Bonchev–Trinajstić information content (AvgIpc) is 2.56. The number of methoxy groups -OCH3 is 1. The van der Waals surface area contributed by atoms with E-state index >= 15 is 0 Å². The van der Waals surface area contributed by atoms with Crippen molar-refractivity contribution in [1.29, 1.82) is 0 Å². The summed E-state index contributed by atoms with van der Waals surface area (Å²) in [6.45, 7) is 1.59. The van der Waals surface area contributed by atoms with Crippen molar-refractivity contribution in [2.24, 2.45) is 0 Å². The number of aromatic nitrogens is 2. The van der Waals surface area contributed by atoms with Crippen LogP contribution in [0.1, 0.15) is 6.92 Å². The van der Waals surface area contributed by atoms with Gasteiger partial charge in [-0.2, -0.15) is 4.98 Å². The Morgan fingerprint density at radius 1 is 1.26 bits per heavy atom. The Balaban J connectivity index is 1.90. The summed E-state index contributed by atoms with van der Waals surface area (Å²) in [4.78, 5) is 19.9. The molecule has 0 saturated carbocycles. The van der Waals surface area contributed by atoms with E-state index in [0.717, 1.165) is 0 Å². The molecule has 2 rings (SSSR count). The topological polar surface area (TPSA) is 85.4 Å². The standard InChI is InChI=1S/C14H14Cl2N4O3/c1-8(23-9-3-4-10(15)11(16)7-9)13(21)19-20-14-17-6-5-12(18-14)22-2/h3-8H,1-2H3,(H,19,21)(H,17,18,20). The molecule has 122 valence electrons. The van der Waals surface area contributed by atoms with Gasteiger partial charge in [-0.25, -0.2) is 4.98 Å². The molecule has 1 aromatic heterocycles. The van der Waals surface area contributed by atoms with E-state index in [1.807, 2.05) is 0 Å². The van der Waals surface area contributed by atoms with Crippen molar-refractivity contribution in [1.82, 2.24) is 15.4 Å². The molecule has 0 fully saturated rings. The number of anilines is 1. The van der Waals surface area contributed by atoms with Crippen molar-refractivity contribution in [3.05, 3.63) is 40.5 Å². The number of hydrazine groups is 1. The van der Waals surface area contributed by atoms with E-state index in [2.05, 4.69) is 20.8 Å². The van der Waals surface area contributed by atoms with Crippen LogP contribution in [-0.2, 0) is 4.79 Å². The fourth-order valence-electron chi connectivity index (χ4n) is 1.54. The quantitative estimate of drug-likeness (QED) is 0.774. The molecule has 0 aliphatic carbocycles. The second-order valence-corrected chi connectivity index (χ2v) is 5.19. The van der Waals surface area contributed by atoms with Crippen LogP contribution in [0.4, 0.5) is 5.95 Å². The predicted molar refractivity (Wildman–Crippen MR) is 86.9 cm³/mol. The Morgan fingerprint density at radius 2 is 2.04 bits per heavy atom. The first-order valence-electron chi connectivity index (χ1n) is 6.54. The molecule has 0 spiro atoms. The fraction of sp³-hybridized carbons (Fsp3) is 0.214. The first-order valence-corrected chi connectivity index (χ1v) is 7.30. The monoisotopic (exact) mass is 356 g/mol. The maximum atomic E-state index is 12.0. The fourth-order valence-corrected chi connectivity index (χ4v) is 1.83. The molecule has 0 bridgehead atoms. The smallest absolute Gasteiger partial charge is 0.279 e. The number of amides is 1. The van der Waals surface area contributed by atoms with Crippen LogP contribution in [0, 0.1) is 0 Å². The summed E-state index contributed by atoms with van der Waals surface area (Å²) < 4.78 is 10.4. The predicted octanol–water partition coefficient (Wildman–Crippen LogP) is 2.70. The lowest BCUT2D eigenvalue weighted by Gasteiger charge is -2.15. The number of nitrogens with one attached hydrogen (secondary N) is 2. The van der Waals surface area contributed by atoms with Crippen LogP contribution in [0.2, 0.25) is 10.0 Å². The summed E-state index contributed by atoms with van der Waals surface area (Å²) in [6.07, 6.45) is 0.723. The molecule has 7 nitrogen and oxygen atoms in total. The molecule has 9 heteroatoms. The van der Waals surface area contributed by atoms with Gasteiger partial charge in [-0.1, -0.05) is 23.2 Å². The molecule has 1 amide bonds. The minimum absolute atomic E-state index is 0.194. The van der Waals surface area contributed by atoms with E-state index in [0.29, 0.717) is 21.7 Å². The molecule has 1 heterocycles. The molecule has 0 radical (unpaired) electrons. The first-order chi connectivity index (χ1) is 11.0. The van der Waals surface area contributed by atoms with Gasteiger partial charge in [-0.3, -0.25) is 15.6 Å². The minimum atomic E-state index is -0.773. The van der Waals surface area contributed by atoms with Crippen molar-refractivity contribution < 1.29 is 14.3 Å². The summed E-state index contributed by atoms with van der Waals surface area (Å²) in [5, 5.41) is 0.757. The molecular weight excluding hydrogens is 343 g/mol. The van der Waals surface area contributed by atoms with Gasteiger partial charge in [0.25, 0.3) is 5.91 Å². The first kappa shape index (κ1) is 17.1. The van der Waals surface area contributed by atoms with Gasteiger partial charge in [0.2, 0.25) is 11.8 Å². The molecule has 0 aliphatic rings. The van der Waals surface area contributed by atoms with Crippen molar-refractivity contribution in [3.8, 4) is 11.6 Å². The lowest BCUT2D eigenvalue weighted by molar-refractivity contribution is -0.126. The molecule has 0 aliphatic heterocycles. The van der Waals surface area contributed by atoms with E-state index in [1.54, 1.807) is 25.1 Å². The number of ether oxygens (including phenoxy) is 2. The molecular formula is C14H14Cl2N4O3. The Labute approximate surface area is 142 Å². The van der Waals surface area contributed by atoms with Crippen LogP contribution in [0.5, 0.6) is 11.6 Å². The van der Waals surface area contributed by atoms with Gasteiger partial charge in [0.1, 0.15) is 5.75 Å². The number of halogens is 2. The SMILES string of the molecule is COc1ccnc(NNC(=O)C(C)Oc2ccc(Cl)c(Cl)c2)n1. The average molecular weight is 357 g/mol. The normalized spacial score (nSPS) is 11.5. The highest BCUT2D eigenvalue weighted by Crippen LogP contribution is 2.26. The zero-order valence-electron chi connectivity index (χ0n) is 12.3. The van der Waals surface area contributed by atoms with E-state index in [4.69, 9.17) is 32.7 Å². The van der Waals surface area contributed by atoms with Gasteiger partial charge in [0.15, 0.2) is 6.10 Å². The molecule has 2 aromatic rings. The van der Waals surface area contributed by atoms with Crippen LogP contribution < -0.4 is 20.3 Å². The van der Waals surface area contributed by atoms with Gasteiger partial charge < -0.3 is 9.47 Å². The summed E-state index contributed by atoms with van der Waals surface area (Å²) >= 11 is 11.7. The minimum Gasteiger partial charge on any atom is -0.481 e. The summed E-state index contributed by atoms with van der Waals surface area (Å²) in [6, 6.07) is 6.33. The molecule has 1 aromatic carbocycles. The Morgan fingerprint density at radius 3 is 2.74 bits per heavy atom. The number of hydrogen-bond acceptors (Lipinski definition) is 6. The van der Waals surface area contributed by atoms with E-state index in [1.165, 1.54) is 19.4 Å². The molecule has 2 N–H and O–H groups in total. The summed E-state index contributed by atoms with van der Waals surface area (Å²) in [5.74, 6) is 0.582. The highest BCUT2D eigenvalue weighted by molar-refractivity contribution is 6.42. The highest BCUT2D eigenvalue weighted by Gasteiger charge is 2.15. The summed E-state index contributed by atoms with van der Waals surface area (Å²) in [5.41, 5.74) is 5.02. The van der Waals surface area contributed by atoms with Gasteiger partial charge in [0, 0.05) is 18.3 Å². The maximum Gasteiger partial charge on any atom is 0.279 e. The number of carbonyl (C=O) groups excluding carboxylic acids is 1. The van der Waals surface area contributed by atoms with E-state index < -0.39 is 12.0 Å². The molecule has 1 unspecified atom stereocenters. The van der Waals surface area contributed by atoms with Gasteiger partial charge in [-0.05, 0) is 19.1 Å². The number of nitrogens with zero attached hydrogens (tertiary/aromatic N) is 2. The van der Waals surface area contributed by atoms with Crippen molar-refractivity contribution in [3.63, 3.8) is 0 Å². The highest BCUT2D eigenvalue weighted by atomic mass is 35.5. The van der Waals surface area contributed by atoms with Crippen LogP contribution >= 0.6 is 23.2 Å². The van der Waals surface area contributed by atoms with Crippen LogP contribution in [0.15, 0.2) is 30.5 Å². The molecule has 1 atom stereocenters. The van der Waals surface area contributed by atoms with Gasteiger partial charge in [-0.15, -0.1) is 0 Å². The number of rotatable bonds is 6. The zero-order valence-corrected chi connectivity index (χ0v) is 13.9. The molecule has 0 saturated heterocycles. The van der Waals surface area contributed by atoms with E-state index in [-0.39, 0.29) is 5.95 Å². The third-order valence-corrected chi connectivity index (χ3v) is 3.45. The van der Waals surface area contributed by atoms with Crippen molar-refractivity contribution in [2.75, 3.05) is 12.5 Å².